The Hall–Kier alpha value is -2.74. The number of nitrogens with one attached hydrogen (secondary N) is 2. The van der Waals surface area contributed by atoms with E-state index in [0.717, 1.165) is 11.0 Å². The summed E-state index contributed by atoms with van der Waals surface area (Å²) in [5, 5.41) is 0. The molecule has 0 saturated carbocycles. The van der Waals surface area contributed by atoms with Crippen LogP contribution in [0.15, 0.2) is 47.6 Å². The van der Waals surface area contributed by atoms with E-state index in [1.165, 1.54) is 12.1 Å². The van der Waals surface area contributed by atoms with Crippen molar-refractivity contribution < 1.29 is 17.9 Å². The van der Waals surface area contributed by atoms with E-state index in [1.807, 2.05) is 0 Å². The summed E-state index contributed by atoms with van der Waals surface area (Å²) >= 11 is 0. The monoisotopic (exact) mass is 331 g/mol. The van der Waals surface area contributed by atoms with Gasteiger partial charge < -0.3 is 14.5 Å². The summed E-state index contributed by atoms with van der Waals surface area (Å²) in [6.45, 7) is 0.863. The van der Waals surface area contributed by atoms with E-state index >= 15 is 0 Å². The van der Waals surface area contributed by atoms with Gasteiger partial charge in [0.1, 0.15) is 13.2 Å². The van der Waals surface area contributed by atoms with Crippen molar-refractivity contribution in [2.24, 2.45) is 0 Å². The fourth-order valence-electron chi connectivity index (χ4n) is 2.40. The van der Waals surface area contributed by atoms with E-state index in [2.05, 4.69) is 14.7 Å². The van der Waals surface area contributed by atoms with Crippen molar-refractivity contribution in [3.8, 4) is 11.5 Å². The number of ether oxygens (including phenoxy) is 2. The van der Waals surface area contributed by atoms with Gasteiger partial charge in [-0.2, -0.15) is 0 Å². The highest BCUT2D eigenvalue weighted by atomic mass is 32.2. The molecule has 1 aromatic heterocycles. The van der Waals surface area contributed by atoms with E-state index in [4.69, 9.17) is 9.47 Å². The van der Waals surface area contributed by atoms with Gasteiger partial charge in [0.25, 0.3) is 10.0 Å². The molecule has 4 rings (SSSR count). The van der Waals surface area contributed by atoms with E-state index in [0.29, 0.717) is 30.4 Å². The standard InChI is InChI=1S/C15H13N3O4S/c19-23(20,11-2-4-14-15(8-11)22-6-5-21-14)18-10-1-3-12-13(7-10)17-9-16-12/h1-4,7-9,18H,5-6H2,(H,16,17). The SMILES string of the molecule is O=S(=O)(Nc1ccc2nc[nH]c2c1)c1ccc2c(c1)OCCO2. The number of rotatable bonds is 3. The van der Waals surface area contributed by atoms with Crippen molar-refractivity contribution in [3.05, 3.63) is 42.7 Å². The highest BCUT2D eigenvalue weighted by Gasteiger charge is 2.19. The number of hydrogen-bond acceptors (Lipinski definition) is 5. The number of hydrogen-bond donors (Lipinski definition) is 2. The van der Waals surface area contributed by atoms with Gasteiger partial charge in [0.2, 0.25) is 0 Å². The van der Waals surface area contributed by atoms with Crippen LogP contribution in [0.25, 0.3) is 11.0 Å². The second-order valence-corrected chi connectivity index (χ2v) is 6.73. The molecule has 0 bridgehead atoms. The van der Waals surface area contributed by atoms with Crippen LogP contribution in [0.1, 0.15) is 0 Å². The van der Waals surface area contributed by atoms with Crippen LogP contribution in [0, 0.1) is 0 Å². The number of benzene rings is 2. The second-order valence-electron chi connectivity index (χ2n) is 5.05. The van der Waals surface area contributed by atoms with Crippen LogP contribution < -0.4 is 14.2 Å². The summed E-state index contributed by atoms with van der Waals surface area (Å²) in [6, 6.07) is 9.65. The molecule has 0 spiro atoms. The Morgan fingerprint density at radius 1 is 1.04 bits per heavy atom. The van der Waals surface area contributed by atoms with Gasteiger partial charge in [-0.05, 0) is 30.3 Å². The van der Waals surface area contributed by atoms with Gasteiger partial charge in [-0.3, -0.25) is 4.72 Å². The van der Waals surface area contributed by atoms with Crippen molar-refractivity contribution in [2.45, 2.75) is 4.90 Å². The fourth-order valence-corrected chi connectivity index (χ4v) is 3.47. The van der Waals surface area contributed by atoms with Crippen LogP contribution in [-0.2, 0) is 10.0 Å². The largest absolute Gasteiger partial charge is 0.486 e. The van der Waals surface area contributed by atoms with Gasteiger partial charge in [0, 0.05) is 6.07 Å². The van der Waals surface area contributed by atoms with Crippen LogP contribution in [0.5, 0.6) is 11.5 Å². The molecule has 0 radical (unpaired) electrons. The molecule has 7 nitrogen and oxygen atoms in total. The van der Waals surface area contributed by atoms with Gasteiger partial charge in [-0.25, -0.2) is 13.4 Å². The van der Waals surface area contributed by atoms with E-state index < -0.39 is 10.0 Å². The lowest BCUT2D eigenvalue weighted by atomic mass is 10.3. The predicted molar refractivity (Wildman–Crippen MR) is 84.3 cm³/mol. The molecule has 1 aliphatic heterocycles. The van der Waals surface area contributed by atoms with E-state index in [1.54, 1.807) is 30.6 Å². The maximum absolute atomic E-state index is 12.5. The van der Waals surface area contributed by atoms with Crippen molar-refractivity contribution in [2.75, 3.05) is 17.9 Å². The molecule has 0 saturated heterocycles. The molecule has 2 heterocycles. The van der Waals surface area contributed by atoms with Crippen LogP contribution in [0.3, 0.4) is 0 Å². The van der Waals surface area contributed by atoms with Crippen LogP contribution in [-0.4, -0.2) is 31.6 Å². The van der Waals surface area contributed by atoms with Gasteiger partial charge in [-0.15, -0.1) is 0 Å². The Balaban J connectivity index is 1.66. The molecule has 3 aromatic rings. The molecule has 118 valence electrons. The maximum Gasteiger partial charge on any atom is 0.262 e. The number of fused-ring (bicyclic) bond motifs is 2. The molecule has 23 heavy (non-hydrogen) atoms. The zero-order valence-corrected chi connectivity index (χ0v) is 12.8. The first-order valence-electron chi connectivity index (χ1n) is 6.97. The topological polar surface area (TPSA) is 93.3 Å². The Morgan fingerprint density at radius 3 is 2.74 bits per heavy atom. The fraction of sp³-hybridized carbons (Fsp3) is 0.133. The van der Waals surface area contributed by atoms with Crippen molar-refractivity contribution in [3.63, 3.8) is 0 Å². The second kappa shape index (κ2) is 5.17. The predicted octanol–water partition coefficient (Wildman–Crippen LogP) is 2.13. The number of nitrogens with zero attached hydrogens (tertiary/aromatic N) is 1. The average Bonchev–Trinajstić information content (AvgIpc) is 3.01. The first kappa shape index (κ1) is 13.9. The third kappa shape index (κ3) is 2.57. The lowest BCUT2D eigenvalue weighted by molar-refractivity contribution is 0.171. The molecular formula is C15H13N3O4S. The molecule has 1 aliphatic rings. The van der Waals surface area contributed by atoms with E-state index in [-0.39, 0.29) is 4.90 Å². The van der Waals surface area contributed by atoms with Crippen LogP contribution in [0.2, 0.25) is 0 Å². The summed E-state index contributed by atoms with van der Waals surface area (Å²) in [5.74, 6) is 0.984. The molecule has 0 aliphatic carbocycles. The van der Waals surface area contributed by atoms with Crippen molar-refractivity contribution >= 4 is 26.7 Å². The van der Waals surface area contributed by atoms with Gasteiger partial charge in [0.05, 0.1) is 27.9 Å². The molecule has 2 aromatic carbocycles. The Kier molecular flexibility index (Phi) is 3.12. The average molecular weight is 331 g/mol. The lowest BCUT2D eigenvalue weighted by Crippen LogP contribution is -2.17. The van der Waals surface area contributed by atoms with Gasteiger partial charge in [-0.1, -0.05) is 0 Å². The summed E-state index contributed by atoms with van der Waals surface area (Å²) in [7, 11) is -3.72. The highest BCUT2D eigenvalue weighted by molar-refractivity contribution is 7.92. The number of anilines is 1. The zero-order valence-electron chi connectivity index (χ0n) is 11.9. The third-order valence-corrected chi connectivity index (χ3v) is 4.88. The minimum Gasteiger partial charge on any atom is -0.486 e. The smallest absolute Gasteiger partial charge is 0.262 e. The number of aromatic nitrogens is 2. The first-order chi connectivity index (χ1) is 11.1. The Labute approximate surface area is 132 Å². The lowest BCUT2D eigenvalue weighted by Gasteiger charge is -2.19. The number of H-pyrrole nitrogens is 1. The molecule has 2 N–H and O–H groups in total. The summed E-state index contributed by atoms with van der Waals surface area (Å²) in [5.41, 5.74) is 1.98. The summed E-state index contributed by atoms with van der Waals surface area (Å²) in [4.78, 5) is 7.16. The molecular weight excluding hydrogens is 318 g/mol. The minimum atomic E-state index is -3.72. The Morgan fingerprint density at radius 2 is 1.87 bits per heavy atom. The van der Waals surface area contributed by atoms with Gasteiger partial charge >= 0.3 is 0 Å². The zero-order chi connectivity index (χ0) is 15.9. The normalized spacial score (nSPS) is 13.9. The number of sulfonamides is 1. The molecule has 0 amide bonds. The number of aromatic amines is 1. The van der Waals surface area contributed by atoms with Gasteiger partial charge in [0.15, 0.2) is 11.5 Å². The maximum atomic E-state index is 12.5. The quantitative estimate of drug-likeness (QED) is 0.767. The third-order valence-electron chi connectivity index (χ3n) is 3.50. The van der Waals surface area contributed by atoms with Crippen LogP contribution >= 0.6 is 0 Å². The summed E-state index contributed by atoms with van der Waals surface area (Å²) < 4.78 is 38.4. The highest BCUT2D eigenvalue weighted by Crippen LogP contribution is 2.32. The van der Waals surface area contributed by atoms with E-state index in [9.17, 15) is 8.42 Å². The van der Waals surface area contributed by atoms with Crippen molar-refractivity contribution in [1.82, 2.24) is 9.97 Å². The molecule has 0 unspecified atom stereocenters. The molecule has 8 heteroatoms. The molecule has 0 fully saturated rings. The molecule has 0 atom stereocenters. The summed E-state index contributed by atoms with van der Waals surface area (Å²) in [6.07, 6.45) is 1.56. The minimum absolute atomic E-state index is 0.117. The van der Waals surface area contributed by atoms with Crippen LogP contribution in [0.4, 0.5) is 5.69 Å². The van der Waals surface area contributed by atoms with Crippen molar-refractivity contribution in [1.29, 1.82) is 0 Å². The Bertz CT molecular complexity index is 981. The number of imidazole rings is 1. The first-order valence-corrected chi connectivity index (χ1v) is 8.46.